The van der Waals surface area contributed by atoms with E-state index in [0.717, 1.165) is 36.8 Å². The smallest absolute Gasteiger partial charge is 0.160 e. The van der Waals surface area contributed by atoms with Crippen LogP contribution in [-0.2, 0) is 0 Å². The Kier molecular flexibility index (Phi) is 4.90. The van der Waals surface area contributed by atoms with Crippen molar-refractivity contribution in [2.75, 3.05) is 32.1 Å². The molecule has 0 saturated heterocycles. The highest BCUT2D eigenvalue weighted by Crippen LogP contribution is 2.22. The fourth-order valence-electron chi connectivity index (χ4n) is 1.31. The van der Waals surface area contributed by atoms with Crippen LogP contribution in [0.5, 0.6) is 5.75 Å². The third-order valence-electron chi connectivity index (χ3n) is 2.09. The van der Waals surface area contributed by atoms with Gasteiger partial charge >= 0.3 is 0 Å². The summed E-state index contributed by atoms with van der Waals surface area (Å²) in [4.78, 5) is 4.17. The molecule has 0 saturated carbocycles. The molecular weight excluding hydrogens is 190 g/mol. The molecule has 0 aliphatic heterocycles. The molecule has 1 rings (SSSR count). The standard InChI is InChI=1S/C11H19N3O/c1-4-12-5-6-13-10-7-9(2)14-8-11(10)15-3/h7-8,12H,4-6H2,1-3H3,(H,13,14). The molecule has 1 aromatic rings. The molecule has 4 nitrogen and oxygen atoms in total. The van der Waals surface area contributed by atoms with Gasteiger partial charge in [-0.25, -0.2) is 0 Å². The van der Waals surface area contributed by atoms with Crippen molar-refractivity contribution < 1.29 is 4.74 Å². The zero-order chi connectivity index (χ0) is 11.1. The van der Waals surface area contributed by atoms with Crippen LogP contribution in [0.25, 0.3) is 0 Å². The van der Waals surface area contributed by atoms with E-state index in [1.54, 1.807) is 13.3 Å². The molecule has 0 aromatic carbocycles. The molecule has 0 atom stereocenters. The summed E-state index contributed by atoms with van der Waals surface area (Å²) >= 11 is 0. The summed E-state index contributed by atoms with van der Waals surface area (Å²) in [6.07, 6.45) is 1.74. The van der Waals surface area contributed by atoms with E-state index < -0.39 is 0 Å². The van der Waals surface area contributed by atoms with Gasteiger partial charge in [0.05, 0.1) is 19.0 Å². The van der Waals surface area contributed by atoms with Gasteiger partial charge in [0.25, 0.3) is 0 Å². The van der Waals surface area contributed by atoms with Crippen LogP contribution in [-0.4, -0.2) is 31.7 Å². The maximum atomic E-state index is 5.21. The summed E-state index contributed by atoms with van der Waals surface area (Å²) in [5.41, 5.74) is 1.99. The van der Waals surface area contributed by atoms with Crippen LogP contribution in [0.1, 0.15) is 12.6 Å². The number of hydrogen-bond donors (Lipinski definition) is 2. The summed E-state index contributed by atoms with van der Waals surface area (Å²) in [6, 6.07) is 1.99. The lowest BCUT2D eigenvalue weighted by atomic mass is 10.3. The summed E-state index contributed by atoms with van der Waals surface area (Å²) in [5, 5.41) is 6.56. The molecule has 1 aromatic heterocycles. The van der Waals surface area contributed by atoms with E-state index in [2.05, 4.69) is 22.5 Å². The number of rotatable bonds is 6. The van der Waals surface area contributed by atoms with Crippen molar-refractivity contribution in [2.24, 2.45) is 0 Å². The molecule has 0 unspecified atom stereocenters. The van der Waals surface area contributed by atoms with Gasteiger partial charge in [-0.05, 0) is 19.5 Å². The topological polar surface area (TPSA) is 46.2 Å². The van der Waals surface area contributed by atoms with Crippen LogP contribution in [0.15, 0.2) is 12.3 Å². The molecule has 15 heavy (non-hydrogen) atoms. The van der Waals surface area contributed by atoms with Gasteiger partial charge in [0.15, 0.2) is 5.75 Å². The average Bonchev–Trinajstić information content (AvgIpc) is 2.25. The Labute approximate surface area is 91.1 Å². The molecule has 2 N–H and O–H groups in total. The van der Waals surface area contributed by atoms with Gasteiger partial charge in [0.2, 0.25) is 0 Å². The first-order valence-corrected chi connectivity index (χ1v) is 5.23. The van der Waals surface area contributed by atoms with Crippen LogP contribution in [0.2, 0.25) is 0 Å². The predicted molar refractivity (Wildman–Crippen MR) is 62.6 cm³/mol. The van der Waals surface area contributed by atoms with Crippen molar-refractivity contribution in [3.05, 3.63) is 18.0 Å². The van der Waals surface area contributed by atoms with E-state index >= 15 is 0 Å². The zero-order valence-corrected chi connectivity index (χ0v) is 9.63. The van der Waals surface area contributed by atoms with Crippen LogP contribution in [0.3, 0.4) is 0 Å². The number of hydrogen-bond acceptors (Lipinski definition) is 4. The minimum absolute atomic E-state index is 0.789. The van der Waals surface area contributed by atoms with Crippen LogP contribution in [0.4, 0.5) is 5.69 Å². The minimum Gasteiger partial charge on any atom is -0.493 e. The van der Waals surface area contributed by atoms with Gasteiger partial charge in [0, 0.05) is 18.8 Å². The van der Waals surface area contributed by atoms with Gasteiger partial charge in [-0.1, -0.05) is 6.92 Å². The highest BCUT2D eigenvalue weighted by molar-refractivity contribution is 5.55. The van der Waals surface area contributed by atoms with Crippen molar-refractivity contribution in [2.45, 2.75) is 13.8 Å². The number of nitrogens with zero attached hydrogens (tertiary/aromatic N) is 1. The summed E-state index contributed by atoms with van der Waals surface area (Å²) in [5.74, 6) is 0.789. The highest BCUT2D eigenvalue weighted by Gasteiger charge is 2.02. The van der Waals surface area contributed by atoms with Crippen molar-refractivity contribution in [1.82, 2.24) is 10.3 Å². The number of anilines is 1. The lowest BCUT2D eigenvalue weighted by molar-refractivity contribution is 0.414. The second kappa shape index (κ2) is 6.24. The van der Waals surface area contributed by atoms with E-state index in [-0.39, 0.29) is 0 Å². The summed E-state index contributed by atoms with van der Waals surface area (Å²) in [6.45, 7) is 6.88. The first-order valence-electron chi connectivity index (χ1n) is 5.23. The molecule has 0 aliphatic carbocycles. The van der Waals surface area contributed by atoms with Gasteiger partial charge < -0.3 is 15.4 Å². The number of aryl methyl sites for hydroxylation is 1. The van der Waals surface area contributed by atoms with Crippen molar-refractivity contribution in [1.29, 1.82) is 0 Å². The van der Waals surface area contributed by atoms with Crippen LogP contribution in [0, 0.1) is 6.92 Å². The Morgan fingerprint density at radius 1 is 1.40 bits per heavy atom. The average molecular weight is 209 g/mol. The normalized spacial score (nSPS) is 10.1. The second-order valence-corrected chi connectivity index (χ2v) is 3.31. The largest absolute Gasteiger partial charge is 0.493 e. The van der Waals surface area contributed by atoms with E-state index in [1.165, 1.54) is 0 Å². The van der Waals surface area contributed by atoms with E-state index in [4.69, 9.17) is 4.74 Å². The number of pyridine rings is 1. The number of likely N-dealkylation sites (N-methyl/N-ethyl adjacent to an activating group) is 1. The fraction of sp³-hybridized carbons (Fsp3) is 0.545. The molecule has 84 valence electrons. The lowest BCUT2D eigenvalue weighted by Gasteiger charge is -2.11. The van der Waals surface area contributed by atoms with E-state index in [1.807, 2.05) is 13.0 Å². The maximum Gasteiger partial charge on any atom is 0.160 e. The van der Waals surface area contributed by atoms with Crippen LogP contribution < -0.4 is 15.4 Å². The maximum absolute atomic E-state index is 5.21. The Balaban J connectivity index is 2.54. The molecule has 1 heterocycles. The van der Waals surface area contributed by atoms with Gasteiger partial charge in [-0.15, -0.1) is 0 Å². The number of aromatic nitrogens is 1. The second-order valence-electron chi connectivity index (χ2n) is 3.31. The van der Waals surface area contributed by atoms with Crippen molar-refractivity contribution in [3.63, 3.8) is 0 Å². The Hall–Kier alpha value is -1.29. The number of methoxy groups -OCH3 is 1. The minimum atomic E-state index is 0.789. The van der Waals surface area contributed by atoms with E-state index in [9.17, 15) is 0 Å². The van der Waals surface area contributed by atoms with Crippen LogP contribution >= 0.6 is 0 Å². The zero-order valence-electron chi connectivity index (χ0n) is 9.63. The quantitative estimate of drug-likeness (QED) is 0.696. The molecular formula is C11H19N3O. The number of ether oxygens (including phenoxy) is 1. The fourth-order valence-corrected chi connectivity index (χ4v) is 1.31. The number of nitrogens with one attached hydrogen (secondary N) is 2. The van der Waals surface area contributed by atoms with Crippen molar-refractivity contribution >= 4 is 5.69 Å². The molecule has 0 amide bonds. The third-order valence-corrected chi connectivity index (χ3v) is 2.09. The molecule has 0 bridgehead atoms. The first kappa shape index (κ1) is 11.8. The molecule has 4 heteroatoms. The summed E-state index contributed by atoms with van der Waals surface area (Å²) < 4.78 is 5.21. The van der Waals surface area contributed by atoms with Gasteiger partial charge in [0.1, 0.15) is 0 Å². The Bertz CT molecular complexity index is 302. The highest BCUT2D eigenvalue weighted by atomic mass is 16.5. The molecule has 0 spiro atoms. The van der Waals surface area contributed by atoms with E-state index in [0.29, 0.717) is 0 Å². The Morgan fingerprint density at radius 2 is 2.20 bits per heavy atom. The summed E-state index contributed by atoms with van der Waals surface area (Å²) in [7, 11) is 1.65. The molecule has 0 fully saturated rings. The van der Waals surface area contributed by atoms with Gasteiger partial charge in [-0.2, -0.15) is 0 Å². The third kappa shape index (κ3) is 3.75. The van der Waals surface area contributed by atoms with Crippen molar-refractivity contribution in [3.8, 4) is 5.75 Å². The lowest BCUT2D eigenvalue weighted by Crippen LogP contribution is -2.21. The Morgan fingerprint density at radius 3 is 2.87 bits per heavy atom. The predicted octanol–water partition coefficient (Wildman–Crippen LogP) is 1.42. The molecule has 0 radical (unpaired) electrons. The monoisotopic (exact) mass is 209 g/mol. The van der Waals surface area contributed by atoms with Gasteiger partial charge in [-0.3, -0.25) is 4.98 Å². The molecule has 0 aliphatic rings. The SMILES string of the molecule is CCNCCNc1cc(C)ncc1OC. The first-order chi connectivity index (χ1) is 7.27.